The van der Waals surface area contributed by atoms with E-state index in [4.69, 9.17) is 21.1 Å². The summed E-state index contributed by atoms with van der Waals surface area (Å²) < 4.78 is 11.2. The molecular formula is C14H17ClN2O3. The van der Waals surface area contributed by atoms with Crippen molar-refractivity contribution in [2.24, 2.45) is 0 Å². The average Bonchev–Trinajstić information content (AvgIpc) is 2.62. The predicted molar refractivity (Wildman–Crippen MR) is 73.5 cm³/mol. The normalized spacial score (nSPS) is 19.7. The fourth-order valence-electron chi connectivity index (χ4n) is 2.58. The highest BCUT2D eigenvalue weighted by Gasteiger charge is 2.52. The van der Waals surface area contributed by atoms with E-state index in [1.807, 2.05) is 26.8 Å². The van der Waals surface area contributed by atoms with Crippen LogP contribution in [0, 0.1) is 0 Å². The summed E-state index contributed by atoms with van der Waals surface area (Å²) in [6, 6.07) is 1.82. The number of amides is 1. The van der Waals surface area contributed by atoms with Gasteiger partial charge in [-0.05, 0) is 32.4 Å². The molecule has 1 amide bonds. The van der Waals surface area contributed by atoms with E-state index >= 15 is 0 Å². The van der Waals surface area contributed by atoms with Gasteiger partial charge < -0.3 is 14.4 Å². The van der Waals surface area contributed by atoms with Crippen LogP contribution >= 0.6 is 11.6 Å². The zero-order valence-corrected chi connectivity index (χ0v) is 12.5. The van der Waals surface area contributed by atoms with Crippen molar-refractivity contribution in [2.45, 2.75) is 38.6 Å². The predicted octanol–water partition coefficient (Wildman–Crippen LogP) is 2.71. The van der Waals surface area contributed by atoms with E-state index in [9.17, 15) is 4.79 Å². The topological polar surface area (TPSA) is 51.7 Å². The number of carbonyl (C=O) groups excluding carboxylic acids is 1. The lowest BCUT2D eigenvalue weighted by molar-refractivity contribution is -0.137. The number of pyridine rings is 1. The summed E-state index contributed by atoms with van der Waals surface area (Å²) in [7, 11) is 0. The van der Waals surface area contributed by atoms with Gasteiger partial charge in [-0.3, -0.25) is 0 Å². The van der Waals surface area contributed by atoms with Crippen LogP contribution in [0.2, 0.25) is 5.15 Å². The van der Waals surface area contributed by atoms with Gasteiger partial charge in [-0.15, -0.1) is 0 Å². The van der Waals surface area contributed by atoms with Gasteiger partial charge in [-0.25, -0.2) is 9.78 Å². The van der Waals surface area contributed by atoms with Gasteiger partial charge in [0.15, 0.2) is 0 Å². The van der Waals surface area contributed by atoms with Crippen molar-refractivity contribution in [3.8, 4) is 0 Å². The zero-order chi connectivity index (χ0) is 14.5. The van der Waals surface area contributed by atoms with E-state index in [2.05, 4.69) is 4.98 Å². The van der Waals surface area contributed by atoms with Gasteiger partial charge in [-0.1, -0.05) is 11.6 Å². The third-order valence-corrected chi connectivity index (χ3v) is 3.70. The molecule has 3 heterocycles. The highest BCUT2D eigenvalue weighted by atomic mass is 35.5. The lowest BCUT2D eigenvalue weighted by atomic mass is 9.87. The first-order valence-electron chi connectivity index (χ1n) is 6.56. The van der Waals surface area contributed by atoms with Crippen LogP contribution in [-0.2, 0) is 21.7 Å². The van der Waals surface area contributed by atoms with Crippen LogP contribution in [0.1, 0.15) is 31.9 Å². The summed E-state index contributed by atoms with van der Waals surface area (Å²) in [5, 5.41) is 0.465. The number of hydrogen-bond donors (Lipinski definition) is 0. The van der Waals surface area contributed by atoms with Crippen molar-refractivity contribution < 1.29 is 14.3 Å². The smallest absolute Gasteiger partial charge is 0.410 e. The molecule has 0 aliphatic carbocycles. The lowest BCUT2D eigenvalue weighted by Crippen LogP contribution is -2.61. The van der Waals surface area contributed by atoms with Crippen LogP contribution in [0.15, 0.2) is 12.3 Å². The van der Waals surface area contributed by atoms with E-state index in [0.29, 0.717) is 24.8 Å². The fourth-order valence-corrected chi connectivity index (χ4v) is 2.76. The number of ether oxygens (including phenoxy) is 2. The number of likely N-dealkylation sites (tertiary alicyclic amines) is 1. The van der Waals surface area contributed by atoms with E-state index in [0.717, 1.165) is 11.1 Å². The molecule has 0 bridgehead atoms. The largest absolute Gasteiger partial charge is 0.444 e. The summed E-state index contributed by atoms with van der Waals surface area (Å²) in [5.41, 5.74) is 1.17. The highest BCUT2D eigenvalue weighted by molar-refractivity contribution is 6.29. The second-order valence-corrected chi connectivity index (χ2v) is 6.67. The Morgan fingerprint density at radius 1 is 1.50 bits per heavy atom. The molecule has 6 heteroatoms. The molecule has 0 aromatic carbocycles. The Labute approximate surface area is 122 Å². The number of halogens is 1. The van der Waals surface area contributed by atoms with Gasteiger partial charge >= 0.3 is 6.09 Å². The molecule has 1 saturated heterocycles. The van der Waals surface area contributed by atoms with Gasteiger partial charge in [0.1, 0.15) is 16.4 Å². The molecule has 1 aromatic rings. The SMILES string of the molecule is CC(C)(C)OC(=O)N1CC2(C1)OCc1cc(Cl)ncc12. The van der Waals surface area contributed by atoms with Crippen molar-refractivity contribution in [1.82, 2.24) is 9.88 Å². The Balaban J connectivity index is 1.71. The Morgan fingerprint density at radius 3 is 2.85 bits per heavy atom. The Kier molecular flexibility index (Phi) is 2.95. The lowest BCUT2D eigenvalue weighted by Gasteiger charge is -2.47. The van der Waals surface area contributed by atoms with Gasteiger partial charge in [0.05, 0.1) is 19.7 Å². The molecule has 0 saturated carbocycles. The minimum atomic E-state index is -0.483. The molecule has 1 aromatic heterocycles. The number of rotatable bonds is 0. The first kappa shape index (κ1) is 13.6. The van der Waals surface area contributed by atoms with Gasteiger partial charge in [0.25, 0.3) is 0 Å². The van der Waals surface area contributed by atoms with Crippen LogP contribution in [0.4, 0.5) is 4.79 Å². The van der Waals surface area contributed by atoms with Crippen LogP contribution in [-0.4, -0.2) is 34.7 Å². The molecule has 5 nitrogen and oxygen atoms in total. The van der Waals surface area contributed by atoms with Gasteiger partial charge in [0.2, 0.25) is 0 Å². The highest BCUT2D eigenvalue weighted by Crippen LogP contribution is 2.43. The van der Waals surface area contributed by atoms with Gasteiger partial charge in [-0.2, -0.15) is 0 Å². The van der Waals surface area contributed by atoms with E-state index in [1.165, 1.54) is 0 Å². The molecule has 0 atom stereocenters. The monoisotopic (exact) mass is 296 g/mol. The third-order valence-electron chi connectivity index (χ3n) is 3.50. The number of carbonyl (C=O) groups is 1. The molecule has 108 valence electrons. The standard InChI is InChI=1S/C14H17ClN2O3/c1-13(2,3)20-12(18)17-7-14(8-17)10-5-16-11(15)4-9(10)6-19-14/h4-5H,6-8H2,1-3H3. The molecule has 2 aliphatic heterocycles. The molecule has 0 radical (unpaired) electrons. The van der Waals surface area contributed by atoms with Crippen molar-refractivity contribution >= 4 is 17.7 Å². The van der Waals surface area contributed by atoms with Crippen molar-refractivity contribution in [2.75, 3.05) is 13.1 Å². The second-order valence-electron chi connectivity index (χ2n) is 6.28. The van der Waals surface area contributed by atoms with Crippen molar-refractivity contribution in [1.29, 1.82) is 0 Å². The van der Waals surface area contributed by atoms with Crippen molar-refractivity contribution in [3.63, 3.8) is 0 Å². The van der Waals surface area contributed by atoms with Crippen LogP contribution < -0.4 is 0 Å². The summed E-state index contributed by atoms with van der Waals surface area (Å²) in [5.74, 6) is 0. The van der Waals surface area contributed by atoms with Crippen LogP contribution in [0.25, 0.3) is 0 Å². The maximum atomic E-state index is 12.0. The molecule has 3 rings (SSSR count). The Morgan fingerprint density at radius 2 is 2.20 bits per heavy atom. The molecule has 0 N–H and O–H groups in total. The molecule has 0 unspecified atom stereocenters. The Hall–Kier alpha value is -1.33. The maximum absolute atomic E-state index is 12.0. The summed E-state index contributed by atoms with van der Waals surface area (Å²) in [4.78, 5) is 17.7. The fraction of sp³-hybridized carbons (Fsp3) is 0.571. The summed E-state index contributed by atoms with van der Waals surface area (Å²) in [6.45, 7) is 7.07. The molecule has 1 fully saturated rings. The van der Waals surface area contributed by atoms with E-state index < -0.39 is 11.2 Å². The Bertz CT molecular complexity index is 562. The number of nitrogens with zero attached hydrogens (tertiary/aromatic N) is 2. The number of aromatic nitrogens is 1. The minimum Gasteiger partial charge on any atom is -0.444 e. The van der Waals surface area contributed by atoms with Gasteiger partial charge in [0, 0.05) is 11.8 Å². The molecule has 1 spiro atoms. The minimum absolute atomic E-state index is 0.304. The van der Waals surface area contributed by atoms with E-state index in [1.54, 1.807) is 11.1 Å². The molecule has 2 aliphatic rings. The summed E-state index contributed by atoms with van der Waals surface area (Å²) in [6.07, 6.45) is 1.44. The van der Waals surface area contributed by atoms with Crippen molar-refractivity contribution in [3.05, 3.63) is 28.5 Å². The average molecular weight is 297 g/mol. The first-order valence-corrected chi connectivity index (χ1v) is 6.94. The molecular weight excluding hydrogens is 280 g/mol. The molecule has 20 heavy (non-hydrogen) atoms. The number of fused-ring (bicyclic) bond motifs is 2. The maximum Gasteiger partial charge on any atom is 0.410 e. The van der Waals surface area contributed by atoms with Crippen LogP contribution in [0.3, 0.4) is 0 Å². The third kappa shape index (κ3) is 2.25. The summed E-state index contributed by atoms with van der Waals surface area (Å²) >= 11 is 5.88. The van der Waals surface area contributed by atoms with E-state index in [-0.39, 0.29) is 6.09 Å². The van der Waals surface area contributed by atoms with Crippen LogP contribution in [0.5, 0.6) is 0 Å². The zero-order valence-electron chi connectivity index (χ0n) is 11.8. The number of hydrogen-bond acceptors (Lipinski definition) is 4. The quantitative estimate of drug-likeness (QED) is 0.691. The first-order chi connectivity index (χ1) is 9.29. The second kappa shape index (κ2) is 4.33.